The lowest BCUT2D eigenvalue weighted by atomic mass is 9.91. The molecule has 0 aliphatic carbocycles. The number of alkyl carbamates (subject to hydrolysis) is 1. The highest BCUT2D eigenvalue weighted by atomic mass is 16.6. The first-order chi connectivity index (χ1) is 14.3. The molecule has 0 heterocycles. The second-order valence-electron chi connectivity index (χ2n) is 8.84. The van der Waals surface area contributed by atoms with Crippen molar-refractivity contribution in [3.63, 3.8) is 0 Å². The first-order valence-electron chi connectivity index (χ1n) is 10.8. The molecule has 0 saturated heterocycles. The standard InChI is InChI=1S/C22H39NO8/c1-8-10-14-28-18(25)16(11-13-23-20(27)31-21(3,4)5)30-17(24)12-15-29-19(26)22(6,7)9-2/h16H,8-15H2,1-7H3,(H,23,27)/t16-/m0/s1. The van der Waals surface area contributed by atoms with Crippen molar-refractivity contribution >= 4 is 24.0 Å². The van der Waals surface area contributed by atoms with Crippen molar-refractivity contribution in [1.29, 1.82) is 0 Å². The van der Waals surface area contributed by atoms with Crippen molar-refractivity contribution in [3.05, 3.63) is 0 Å². The Labute approximate surface area is 185 Å². The fraction of sp³-hybridized carbons (Fsp3) is 0.818. The highest BCUT2D eigenvalue weighted by molar-refractivity contribution is 5.80. The van der Waals surface area contributed by atoms with Crippen LogP contribution in [-0.2, 0) is 33.3 Å². The predicted molar refractivity (Wildman–Crippen MR) is 114 cm³/mol. The smallest absolute Gasteiger partial charge is 0.407 e. The highest BCUT2D eigenvalue weighted by Crippen LogP contribution is 2.21. The summed E-state index contributed by atoms with van der Waals surface area (Å²) in [7, 11) is 0. The van der Waals surface area contributed by atoms with Gasteiger partial charge in [0, 0.05) is 13.0 Å². The number of carbonyl (C=O) groups excluding carboxylic acids is 4. The molecule has 0 aromatic rings. The van der Waals surface area contributed by atoms with E-state index in [1.807, 2.05) is 13.8 Å². The maximum absolute atomic E-state index is 12.3. The van der Waals surface area contributed by atoms with Crippen molar-refractivity contribution in [2.75, 3.05) is 19.8 Å². The molecule has 0 saturated carbocycles. The van der Waals surface area contributed by atoms with Crippen LogP contribution in [0.2, 0.25) is 0 Å². The van der Waals surface area contributed by atoms with Gasteiger partial charge in [-0.25, -0.2) is 9.59 Å². The van der Waals surface area contributed by atoms with Gasteiger partial charge in [0.15, 0.2) is 0 Å². The summed E-state index contributed by atoms with van der Waals surface area (Å²) < 4.78 is 20.6. The van der Waals surface area contributed by atoms with E-state index in [2.05, 4.69) is 5.32 Å². The maximum atomic E-state index is 12.3. The van der Waals surface area contributed by atoms with Gasteiger partial charge in [0.25, 0.3) is 0 Å². The molecule has 0 aliphatic rings. The second-order valence-corrected chi connectivity index (χ2v) is 8.84. The molecule has 0 unspecified atom stereocenters. The Balaban J connectivity index is 4.68. The number of rotatable bonds is 13. The van der Waals surface area contributed by atoms with Crippen LogP contribution in [-0.4, -0.2) is 55.5 Å². The van der Waals surface area contributed by atoms with Crippen LogP contribution < -0.4 is 5.32 Å². The molecule has 31 heavy (non-hydrogen) atoms. The SMILES string of the molecule is CCCCOC(=O)[C@H](CCNC(=O)OC(C)(C)C)OC(=O)CCOC(=O)C(C)(C)CC. The Morgan fingerprint density at radius 3 is 2.13 bits per heavy atom. The number of hydrogen-bond acceptors (Lipinski definition) is 8. The van der Waals surface area contributed by atoms with Crippen molar-refractivity contribution in [2.45, 2.75) is 92.3 Å². The minimum absolute atomic E-state index is 0.0264. The van der Waals surface area contributed by atoms with E-state index >= 15 is 0 Å². The zero-order valence-electron chi connectivity index (χ0n) is 20.0. The van der Waals surface area contributed by atoms with E-state index in [4.69, 9.17) is 18.9 Å². The fourth-order valence-electron chi connectivity index (χ4n) is 2.04. The molecule has 0 rings (SSSR count). The molecular formula is C22H39NO8. The van der Waals surface area contributed by atoms with Crippen LogP contribution in [0.5, 0.6) is 0 Å². The Hall–Kier alpha value is -2.32. The Bertz CT molecular complexity index is 595. The number of esters is 3. The van der Waals surface area contributed by atoms with E-state index in [9.17, 15) is 19.2 Å². The lowest BCUT2D eigenvalue weighted by Crippen LogP contribution is -2.37. The summed E-state index contributed by atoms with van der Waals surface area (Å²) in [6, 6.07) is 0. The quantitative estimate of drug-likeness (QED) is 0.260. The van der Waals surface area contributed by atoms with Crippen LogP contribution in [0.15, 0.2) is 0 Å². The third-order valence-corrected chi connectivity index (χ3v) is 4.33. The van der Waals surface area contributed by atoms with E-state index in [0.717, 1.165) is 6.42 Å². The topological polar surface area (TPSA) is 117 Å². The average Bonchev–Trinajstić information content (AvgIpc) is 2.65. The van der Waals surface area contributed by atoms with Gasteiger partial charge in [-0.15, -0.1) is 0 Å². The molecular weight excluding hydrogens is 406 g/mol. The van der Waals surface area contributed by atoms with Crippen molar-refractivity contribution < 1.29 is 38.1 Å². The summed E-state index contributed by atoms with van der Waals surface area (Å²) in [5.41, 5.74) is -1.29. The second kappa shape index (κ2) is 13.9. The number of nitrogens with one attached hydrogen (secondary N) is 1. The van der Waals surface area contributed by atoms with E-state index < -0.39 is 41.1 Å². The summed E-state index contributed by atoms with van der Waals surface area (Å²) in [4.78, 5) is 48.1. The fourth-order valence-corrected chi connectivity index (χ4v) is 2.04. The van der Waals surface area contributed by atoms with E-state index in [0.29, 0.717) is 12.8 Å². The molecule has 0 spiro atoms. The summed E-state index contributed by atoms with van der Waals surface area (Å²) in [5.74, 6) is -1.78. The number of ether oxygens (including phenoxy) is 4. The lowest BCUT2D eigenvalue weighted by molar-refractivity contribution is -0.170. The van der Waals surface area contributed by atoms with E-state index in [1.54, 1.807) is 34.6 Å². The van der Waals surface area contributed by atoms with Gasteiger partial charge in [0.05, 0.1) is 18.4 Å². The number of carbonyl (C=O) groups is 4. The summed E-state index contributed by atoms with van der Waals surface area (Å²) in [6.45, 7) is 12.7. The van der Waals surface area contributed by atoms with Crippen LogP contribution in [0.25, 0.3) is 0 Å². The molecule has 0 radical (unpaired) electrons. The van der Waals surface area contributed by atoms with Gasteiger partial charge < -0.3 is 24.3 Å². The molecule has 9 nitrogen and oxygen atoms in total. The van der Waals surface area contributed by atoms with Gasteiger partial charge in [-0.1, -0.05) is 20.3 Å². The first kappa shape index (κ1) is 28.7. The molecule has 180 valence electrons. The third-order valence-electron chi connectivity index (χ3n) is 4.33. The monoisotopic (exact) mass is 445 g/mol. The number of hydrogen-bond donors (Lipinski definition) is 1. The van der Waals surface area contributed by atoms with Crippen LogP contribution in [0.3, 0.4) is 0 Å². The van der Waals surface area contributed by atoms with Crippen LogP contribution >= 0.6 is 0 Å². The normalized spacial score (nSPS) is 12.5. The number of unbranched alkanes of at least 4 members (excludes halogenated alkanes) is 1. The summed E-state index contributed by atoms with van der Waals surface area (Å²) in [5, 5.41) is 2.52. The van der Waals surface area contributed by atoms with Gasteiger partial charge in [0.2, 0.25) is 6.10 Å². The minimum Gasteiger partial charge on any atom is -0.465 e. The molecule has 9 heteroatoms. The van der Waals surface area contributed by atoms with E-state index in [-0.39, 0.29) is 32.6 Å². The Kier molecular flexibility index (Phi) is 12.8. The molecule has 1 amide bonds. The average molecular weight is 446 g/mol. The molecule has 0 fully saturated rings. The molecule has 0 aromatic heterocycles. The highest BCUT2D eigenvalue weighted by Gasteiger charge is 2.28. The third kappa shape index (κ3) is 13.6. The van der Waals surface area contributed by atoms with E-state index in [1.165, 1.54) is 0 Å². The largest absolute Gasteiger partial charge is 0.465 e. The predicted octanol–water partition coefficient (Wildman–Crippen LogP) is 3.53. The van der Waals surface area contributed by atoms with Gasteiger partial charge in [-0.05, 0) is 47.5 Å². The van der Waals surface area contributed by atoms with Crippen molar-refractivity contribution in [2.24, 2.45) is 5.41 Å². The zero-order valence-corrected chi connectivity index (χ0v) is 20.0. The van der Waals surface area contributed by atoms with Gasteiger partial charge >= 0.3 is 24.0 Å². The molecule has 0 aromatic carbocycles. The zero-order chi connectivity index (χ0) is 24.1. The van der Waals surface area contributed by atoms with Crippen molar-refractivity contribution in [3.8, 4) is 0 Å². The van der Waals surface area contributed by atoms with Crippen LogP contribution in [0.4, 0.5) is 4.79 Å². The van der Waals surface area contributed by atoms with Gasteiger partial charge in [0.1, 0.15) is 12.2 Å². The Morgan fingerprint density at radius 1 is 0.935 bits per heavy atom. The molecule has 1 atom stereocenters. The maximum Gasteiger partial charge on any atom is 0.407 e. The van der Waals surface area contributed by atoms with Crippen molar-refractivity contribution in [1.82, 2.24) is 5.32 Å². The summed E-state index contributed by atoms with van der Waals surface area (Å²) in [6.07, 6.45) is 0.155. The summed E-state index contributed by atoms with van der Waals surface area (Å²) >= 11 is 0. The lowest BCUT2D eigenvalue weighted by Gasteiger charge is -2.21. The molecule has 1 N–H and O–H groups in total. The number of amides is 1. The van der Waals surface area contributed by atoms with Gasteiger partial charge in [-0.2, -0.15) is 0 Å². The van der Waals surface area contributed by atoms with Crippen LogP contribution in [0.1, 0.15) is 80.6 Å². The van der Waals surface area contributed by atoms with Gasteiger partial charge in [-0.3, -0.25) is 9.59 Å². The Morgan fingerprint density at radius 2 is 1.58 bits per heavy atom. The first-order valence-corrected chi connectivity index (χ1v) is 10.8. The van der Waals surface area contributed by atoms with Crippen LogP contribution in [0, 0.1) is 5.41 Å². The molecule has 0 bridgehead atoms. The minimum atomic E-state index is -1.18. The molecule has 0 aliphatic heterocycles.